The number of amides is 1. The monoisotopic (exact) mass is 301 g/mol. The van der Waals surface area contributed by atoms with Gasteiger partial charge in [-0.25, -0.2) is 0 Å². The summed E-state index contributed by atoms with van der Waals surface area (Å²) in [5.74, 6) is -1.54. The van der Waals surface area contributed by atoms with Crippen LogP contribution in [0.2, 0.25) is 0 Å². The maximum absolute atomic E-state index is 12.7. The van der Waals surface area contributed by atoms with E-state index < -0.39 is 18.1 Å². The van der Waals surface area contributed by atoms with Crippen molar-refractivity contribution in [2.75, 3.05) is 5.32 Å². The van der Waals surface area contributed by atoms with Crippen LogP contribution in [0.4, 0.5) is 5.69 Å². The van der Waals surface area contributed by atoms with Crippen molar-refractivity contribution in [1.82, 2.24) is 0 Å². The van der Waals surface area contributed by atoms with Gasteiger partial charge in [-0.15, -0.1) is 0 Å². The van der Waals surface area contributed by atoms with Gasteiger partial charge in [0, 0.05) is 17.5 Å². The number of aliphatic hydroxyl groups excluding tert-OH is 1. The summed E-state index contributed by atoms with van der Waals surface area (Å²) >= 11 is 0. The van der Waals surface area contributed by atoms with Gasteiger partial charge < -0.3 is 15.2 Å². The van der Waals surface area contributed by atoms with Crippen LogP contribution in [-0.4, -0.2) is 29.2 Å². The molecule has 1 aromatic carbocycles. The van der Waals surface area contributed by atoms with Crippen LogP contribution in [0.1, 0.15) is 17.5 Å². The van der Waals surface area contributed by atoms with Crippen LogP contribution in [0.15, 0.2) is 18.2 Å². The molecule has 1 saturated heterocycles. The SMILES string of the molecule is Cc1ccc(C)c(NC(=O)[C@@H]2[C@H]3C[C@H]4[C@H](OC(=O)[C@@H]42)[C@@H]3O)c1. The molecule has 2 aliphatic carbocycles. The lowest BCUT2D eigenvalue weighted by Crippen LogP contribution is -2.42. The maximum atomic E-state index is 12.7. The first kappa shape index (κ1) is 13.8. The first-order chi connectivity index (χ1) is 10.5. The summed E-state index contributed by atoms with van der Waals surface area (Å²) in [6.07, 6.45) is -0.401. The molecule has 22 heavy (non-hydrogen) atoms. The van der Waals surface area contributed by atoms with Crippen molar-refractivity contribution in [3.63, 3.8) is 0 Å². The molecule has 2 bridgehead atoms. The molecule has 1 aliphatic heterocycles. The van der Waals surface area contributed by atoms with E-state index in [0.29, 0.717) is 6.42 Å². The Hall–Kier alpha value is -1.88. The lowest BCUT2D eigenvalue weighted by atomic mass is 9.78. The molecule has 3 fully saturated rings. The van der Waals surface area contributed by atoms with E-state index in [-0.39, 0.29) is 29.6 Å². The predicted molar refractivity (Wildman–Crippen MR) is 79.0 cm³/mol. The topological polar surface area (TPSA) is 75.6 Å². The van der Waals surface area contributed by atoms with Crippen LogP contribution < -0.4 is 5.32 Å². The van der Waals surface area contributed by atoms with Crippen LogP contribution in [0.5, 0.6) is 0 Å². The van der Waals surface area contributed by atoms with Gasteiger partial charge in [0.15, 0.2) is 0 Å². The van der Waals surface area contributed by atoms with Crippen molar-refractivity contribution in [3.05, 3.63) is 29.3 Å². The van der Waals surface area contributed by atoms with Crippen molar-refractivity contribution in [1.29, 1.82) is 0 Å². The summed E-state index contributed by atoms with van der Waals surface area (Å²) in [5, 5.41) is 13.2. The van der Waals surface area contributed by atoms with Gasteiger partial charge in [0.05, 0.1) is 17.9 Å². The summed E-state index contributed by atoms with van der Waals surface area (Å²) < 4.78 is 5.26. The number of aryl methyl sites for hydroxylation is 2. The Morgan fingerprint density at radius 1 is 1.32 bits per heavy atom. The Labute approximate surface area is 128 Å². The molecule has 5 heteroatoms. The molecule has 5 nitrogen and oxygen atoms in total. The van der Waals surface area contributed by atoms with Crippen molar-refractivity contribution in [3.8, 4) is 0 Å². The average Bonchev–Trinajstić information content (AvgIpc) is 3.07. The molecule has 3 aliphatic rings. The summed E-state index contributed by atoms with van der Waals surface area (Å²) in [4.78, 5) is 24.7. The van der Waals surface area contributed by atoms with Gasteiger partial charge in [-0.1, -0.05) is 12.1 Å². The predicted octanol–water partition coefficient (Wildman–Crippen LogP) is 1.41. The molecule has 1 aromatic rings. The van der Waals surface area contributed by atoms with Crippen molar-refractivity contribution >= 4 is 17.6 Å². The highest BCUT2D eigenvalue weighted by molar-refractivity contribution is 5.97. The Bertz CT molecular complexity index is 671. The van der Waals surface area contributed by atoms with E-state index in [1.807, 2.05) is 32.0 Å². The lowest BCUT2D eigenvalue weighted by molar-refractivity contribution is -0.146. The summed E-state index contributed by atoms with van der Waals surface area (Å²) in [7, 11) is 0. The number of aliphatic hydroxyl groups is 1. The van der Waals surface area contributed by atoms with Gasteiger partial charge in [0.1, 0.15) is 6.10 Å². The zero-order valence-electron chi connectivity index (χ0n) is 12.6. The van der Waals surface area contributed by atoms with E-state index in [9.17, 15) is 14.7 Å². The molecule has 1 heterocycles. The van der Waals surface area contributed by atoms with E-state index >= 15 is 0 Å². The minimum Gasteiger partial charge on any atom is -0.459 e. The zero-order valence-corrected chi connectivity index (χ0v) is 12.6. The number of fused-ring (bicyclic) bond motifs is 1. The van der Waals surface area contributed by atoms with E-state index in [2.05, 4.69) is 5.32 Å². The second kappa shape index (κ2) is 4.56. The first-order valence-corrected chi connectivity index (χ1v) is 7.74. The van der Waals surface area contributed by atoms with Gasteiger partial charge in [-0.3, -0.25) is 9.59 Å². The van der Waals surface area contributed by atoms with E-state index in [0.717, 1.165) is 16.8 Å². The van der Waals surface area contributed by atoms with Crippen molar-refractivity contribution in [2.45, 2.75) is 32.5 Å². The third-order valence-corrected chi connectivity index (χ3v) is 5.53. The van der Waals surface area contributed by atoms with Gasteiger partial charge >= 0.3 is 5.97 Å². The molecule has 0 unspecified atom stereocenters. The second-order valence-corrected chi connectivity index (χ2v) is 6.81. The molecule has 0 radical (unpaired) electrons. The quantitative estimate of drug-likeness (QED) is 0.810. The minimum atomic E-state index is -0.706. The van der Waals surface area contributed by atoms with Crippen LogP contribution >= 0.6 is 0 Å². The fourth-order valence-corrected chi connectivity index (χ4v) is 4.46. The number of hydrogen-bond donors (Lipinski definition) is 2. The molecule has 4 rings (SSSR count). The van der Waals surface area contributed by atoms with Crippen LogP contribution in [0.25, 0.3) is 0 Å². The third-order valence-electron chi connectivity index (χ3n) is 5.53. The number of esters is 1. The standard InChI is InChI=1S/C17H19NO4/c1-7-3-4-8(2)11(5-7)18-16(20)12-9-6-10-13(12)17(21)22-15(10)14(9)19/h3-5,9-10,12-15,19H,6H2,1-2H3,(H,18,20)/t9-,10-,12-,13+,14-,15+/m1/s1. The van der Waals surface area contributed by atoms with Crippen LogP contribution in [0.3, 0.4) is 0 Å². The molecule has 6 atom stereocenters. The summed E-state index contributed by atoms with van der Waals surface area (Å²) in [6.45, 7) is 3.90. The van der Waals surface area contributed by atoms with Gasteiger partial charge in [0.2, 0.25) is 5.91 Å². The molecular weight excluding hydrogens is 282 g/mol. The van der Waals surface area contributed by atoms with Gasteiger partial charge in [-0.05, 0) is 37.5 Å². The molecular formula is C17H19NO4. The average molecular weight is 301 g/mol. The van der Waals surface area contributed by atoms with E-state index in [1.165, 1.54) is 0 Å². The highest BCUT2D eigenvalue weighted by Gasteiger charge is 2.68. The van der Waals surface area contributed by atoms with Crippen molar-refractivity contribution in [2.24, 2.45) is 23.7 Å². The number of rotatable bonds is 2. The smallest absolute Gasteiger partial charge is 0.310 e. The molecule has 116 valence electrons. The fraction of sp³-hybridized carbons (Fsp3) is 0.529. The molecule has 0 spiro atoms. The molecule has 1 amide bonds. The van der Waals surface area contributed by atoms with E-state index in [1.54, 1.807) is 0 Å². The summed E-state index contributed by atoms with van der Waals surface area (Å²) in [5.41, 5.74) is 2.81. The zero-order chi connectivity index (χ0) is 15.6. The number of nitrogens with one attached hydrogen (secondary N) is 1. The number of carbonyl (C=O) groups excluding carboxylic acids is 2. The summed E-state index contributed by atoms with van der Waals surface area (Å²) in [6, 6.07) is 5.87. The molecule has 0 aromatic heterocycles. The number of ether oxygens (including phenoxy) is 1. The first-order valence-electron chi connectivity index (χ1n) is 7.74. The third kappa shape index (κ3) is 1.75. The largest absolute Gasteiger partial charge is 0.459 e. The highest BCUT2D eigenvalue weighted by Crippen LogP contribution is 2.57. The van der Waals surface area contributed by atoms with E-state index in [4.69, 9.17) is 4.74 Å². The lowest BCUT2D eigenvalue weighted by Gasteiger charge is -2.27. The normalized spacial score (nSPS) is 38.2. The second-order valence-electron chi connectivity index (χ2n) is 6.81. The molecule has 2 saturated carbocycles. The Kier molecular flexibility index (Phi) is 2.85. The van der Waals surface area contributed by atoms with Crippen LogP contribution in [0, 0.1) is 37.5 Å². The fourth-order valence-electron chi connectivity index (χ4n) is 4.46. The molecule has 2 N–H and O–H groups in total. The van der Waals surface area contributed by atoms with Gasteiger partial charge in [-0.2, -0.15) is 0 Å². The number of carbonyl (C=O) groups is 2. The Morgan fingerprint density at radius 3 is 2.86 bits per heavy atom. The number of hydrogen-bond acceptors (Lipinski definition) is 4. The maximum Gasteiger partial charge on any atom is 0.310 e. The van der Waals surface area contributed by atoms with Crippen LogP contribution in [-0.2, 0) is 14.3 Å². The highest BCUT2D eigenvalue weighted by atomic mass is 16.6. The van der Waals surface area contributed by atoms with Gasteiger partial charge in [0.25, 0.3) is 0 Å². The Balaban J connectivity index is 1.61. The number of benzene rings is 1. The Morgan fingerprint density at radius 2 is 2.09 bits per heavy atom. The van der Waals surface area contributed by atoms with Crippen molar-refractivity contribution < 1.29 is 19.4 Å². The minimum absolute atomic E-state index is 0.00172. The number of anilines is 1.